The van der Waals surface area contributed by atoms with Crippen molar-refractivity contribution >= 4 is 16.1 Å². The first-order valence-corrected chi connectivity index (χ1v) is 8.14. The fraction of sp³-hybridized carbons (Fsp3) is 0.500. The van der Waals surface area contributed by atoms with E-state index in [-0.39, 0.29) is 18.9 Å². The zero-order chi connectivity index (χ0) is 17.7. The third-order valence-electron chi connectivity index (χ3n) is 2.70. The molecule has 0 heterocycles. The lowest BCUT2D eigenvalue weighted by Crippen LogP contribution is -2.36. The predicted molar refractivity (Wildman–Crippen MR) is 75.5 cm³/mol. The summed E-state index contributed by atoms with van der Waals surface area (Å²) in [6, 6.07) is 8.43. The molecule has 1 aromatic carbocycles. The van der Waals surface area contributed by atoms with Crippen LogP contribution in [0.4, 0.5) is 13.2 Å². The maximum atomic E-state index is 12.4. The molecule has 0 fully saturated rings. The minimum atomic E-state index is -5.87. The molecule has 1 rings (SSSR count). The highest BCUT2D eigenvalue weighted by molar-refractivity contribution is 7.87. The van der Waals surface area contributed by atoms with E-state index >= 15 is 0 Å². The minimum Gasteiger partial charge on any atom is -0.459 e. The van der Waals surface area contributed by atoms with E-state index < -0.39 is 27.7 Å². The Bertz CT molecular complexity index is 611. The lowest BCUT2D eigenvalue weighted by Gasteiger charge is -2.19. The highest BCUT2D eigenvalue weighted by Gasteiger charge is 2.49. The number of carbonyl (C=O) groups is 1. The van der Waals surface area contributed by atoms with Gasteiger partial charge in [0.05, 0.1) is 0 Å². The molecule has 0 saturated carbocycles. The molecule has 130 valence electrons. The van der Waals surface area contributed by atoms with Crippen molar-refractivity contribution in [3.63, 3.8) is 0 Å². The Kier molecular flexibility index (Phi) is 6.57. The largest absolute Gasteiger partial charge is 0.523 e. The summed E-state index contributed by atoms with van der Waals surface area (Å²) in [6.45, 7) is 3.03. The first-order chi connectivity index (χ1) is 10.5. The Morgan fingerprint density at radius 2 is 1.74 bits per heavy atom. The van der Waals surface area contributed by atoms with Crippen LogP contribution >= 0.6 is 0 Å². The summed E-state index contributed by atoms with van der Waals surface area (Å²) in [4.78, 5) is 11.9. The Hall–Kier alpha value is -1.61. The second-order valence-corrected chi connectivity index (χ2v) is 6.77. The number of carbonyl (C=O) groups excluding carboxylic acids is 1. The Balaban J connectivity index is 2.79. The molecule has 0 aromatic heterocycles. The van der Waals surface area contributed by atoms with Crippen molar-refractivity contribution in [2.45, 2.75) is 38.5 Å². The van der Waals surface area contributed by atoms with Crippen molar-refractivity contribution in [3.8, 4) is 0 Å². The van der Waals surface area contributed by atoms with Crippen LogP contribution in [0.2, 0.25) is 0 Å². The van der Waals surface area contributed by atoms with Gasteiger partial charge in [-0.25, -0.2) is 8.98 Å². The molecule has 0 aliphatic carbocycles. The maximum absolute atomic E-state index is 12.4. The van der Waals surface area contributed by atoms with Crippen LogP contribution in [0.3, 0.4) is 0 Å². The maximum Gasteiger partial charge on any atom is 0.523 e. The van der Waals surface area contributed by atoms with Crippen molar-refractivity contribution < 1.29 is 35.3 Å². The monoisotopic (exact) mass is 354 g/mol. The molecule has 1 unspecified atom stereocenters. The SMILES string of the molecule is CC(C)CC(OS(=O)(=O)C(F)(F)F)C(=O)OCc1ccccc1. The van der Waals surface area contributed by atoms with Gasteiger partial charge in [-0.1, -0.05) is 44.2 Å². The number of benzene rings is 1. The van der Waals surface area contributed by atoms with Crippen molar-refractivity contribution in [1.29, 1.82) is 0 Å². The van der Waals surface area contributed by atoms with Crippen LogP contribution in [0.5, 0.6) is 0 Å². The summed E-state index contributed by atoms with van der Waals surface area (Å²) in [6.07, 6.45) is -2.06. The lowest BCUT2D eigenvalue weighted by molar-refractivity contribution is -0.154. The minimum absolute atomic E-state index is 0.191. The summed E-state index contributed by atoms with van der Waals surface area (Å²) < 4.78 is 68.2. The fourth-order valence-corrected chi connectivity index (χ4v) is 2.20. The number of hydrogen-bond donors (Lipinski definition) is 0. The van der Waals surface area contributed by atoms with Crippen molar-refractivity contribution in [1.82, 2.24) is 0 Å². The molecule has 9 heteroatoms. The zero-order valence-corrected chi connectivity index (χ0v) is 13.4. The number of hydrogen-bond acceptors (Lipinski definition) is 5. The van der Waals surface area contributed by atoms with Crippen molar-refractivity contribution in [2.75, 3.05) is 0 Å². The van der Waals surface area contributed by atoms with Gasteiger partial charge in [-0.05, 0) is 17.9 Å². The van der Waals surface area contributed by atoms with E-state index in [1.165, 1.54) is 0 Å². The van der Waals surface area contributed by atoms with E-state index in [4.69, 9.17) is 4.74 Å². The van der Waals surface area contributed by atoms with Gasteiger partial charge in [0.2, 0.25) is 0 Å². The molecule has 23 heavy (non-hydrogen) atoms. The first-order valence-electron chi connectivity index (χ1n) is 6.73. The van der Waals surface area contributed by atoms with Crippen LogP contribution in [0.1, 0.15) is 25.8 Å². The van der Waals surface area contributed by atoms with Crippen LogP contribution in [-0.2, 0) is 30.4 Å². The molecule has 5 nitrogen and oxygen atoms in total. The van der Waals surface area contributed by atoms with Gasteiger partial charge in [0, 0.05) is 0 Å². The molecule has 0 aliphatic rings. The summed E-state index contributed by atoms with van der Waals surface area (Å²) in [7, 11) is -5.87. The molecule has 0 spiro atoms. The number of esters is 1. The van der Waals surface area contributed by atoms with Crippen LogP contribution < -0.4 is 0 Å². The van der Waals surface area contributed by atoms with Gasteiger partial charge in [0.15, 0.2) is 6.10 Å². The highest BCUT2D eigenvalue weighted by Crippen LogP contribution is 2.27. The highest BCUT2D eigenvalue weighted by atomic mass is 32.2. The number of rotatable bonds is 7. The van der Waals surface area contributed by atoms with E-state index in [0.717, 1.165) is 0 Å². The van der Waals surface area contributed by atoms with Gasteiger partial charge in [-0.15, -0.1) is 0 Å². The van der Waals surface area contributed by atoms with Crippen LogP contribution in [-0.4, -0.2) is 26.0 Å². The summed E-state index contributed by atoms with van der Waals surface area (Å²) >= 11 is 0. The molecule has 0 saturated heterocycles. The van der Waals surface area contributed by atoms with Crippen LogP contribution in [0.15, 0.2) is 30.3 Å². The third kappa shape index (κ3) is 6.19. The van der Waals surface area contributed by atoms with Gasteiger partial charge in [-0.2, -0.15) is 21.6 Å². The Morgan fingerprint density at radius 1 is 1.17 bits per heavy atom. The van der Waals surface area contributed by atoms with Crippen molar-refractivity contribution in [3.05, 3.63) is 35.9 Å². The van der Waals surface area contributed by atoms with E-state index in [1.54, 1.807) is 44.2 Å². The standard InChI is InChI=1S/C14H17F3O5S/c1-10(2)8-12(22-23(19,20)14(15,16)17)13(18)21-9-11-6-4-3-5-7-11/h3-7,10,12H,8-9H2,1-2H3. The molecule has 0 amide bonds. The van der Waals surface area contributed by atoms with E-state index in [1.807, 2.05) is 0 Å². The predicted octanol–water partition coefficient (Wildman–Crippen LogP) is 3.01. The average Bonchev–Trinajstić information content (AvgIpc) is 2.43. The van der Waals surface area contributed by atoms with Gasteiger partial charge >= 0.3 is 21.6 Å². The topological polar surface area (TPSA) is 69.7 Å². The number of halogens is 3. The molecule has 0 radical (unpaired) electrons. The van der Waals surface area contributed by atoms with Crippen LogP contribution in [0.25, 0.3) is 0 Å². The molecule has 1 atom stereocenters. The lowest BCUT2D eigenvalue weighted by atomic mass is 10.1. The average molecular weight is 354 g/mol. The molecule has 0 N–H and O–H groups in total. The van der Waals surface area contributed by atoms with Gasteiger partial charge in [-0.3, -0.25) is 0 Å². The second-order valence-electron chi connectivity index (χ2n) is 5.21. The molecular formula is C14H17F3O5S. The Labute approximate surface area is 132 Å². The molecule has 0 aliphatic heterocycles. The van der Waals surface area contributed by atoms with E-state index in [9.17, 15) is 26.4 Å². The third-order valence-corrected chi connectivity index (χ3v) is 3.75. The Morgan fingerprint density at radius 3 is 2.22 bits per heavy atom. The van der Waals surface area contributed by atoms with E-state index in [2.05, 4.69) is 4.18 Å². The first kappa shape index (κ1) is 19.4. The fourth-order valence-electron chi connectivity index (χ4n) is 1.63. The van der Waals surface area contributed by atoms with E-state index in [0.29, 0.717) is 5.56 Å². The molecule has 1 aromatic rings. The molecular weight excluding hydrogens is 337 g/mol. The van der Waals surface area contributed by atoms with Gasteiger partial charge in [0.1, 0.15) is 6.61 Å². The molecule has 0 bridgehead atoms. The smallest absolute Gasteiger partial charge is 0.459 e. The van der Waals surface area contributed by atoms with Gasteiger partial charge < -0.3 is 4.74 Å². The normalized spacial score (nSPS) is 13.8. The van der Waals surface area contributed by atoms with Crippen molar-refractivity contribution in [2.24, 2.45) is 5.92 Å². The summed E-state index contributed by atoms with van der Waals surface area (Å²) in [5.74, 6) is -1.43. The second kappa shape index (κ2) is 7.78. The number of ether oxygens (including phenoxy) is 1. The summed E-state index contributed by atoms with van der Waals surface area (Å²) in [5.41, 5.74) is -4.98. The number of alkyl halides is 3. The quantitative estimate of drug-likeness (QED) is 0.428. The van der Waals surface area contributed by atoms with Crippen LogP contribution in [0, 0.1) is 5.92 Å². The summed E-state index contributed by atoms with van der Waals surface area (Å²) in [5, 5.41) is 0. The zero-order valence-electron chi connectivity index (χ0n) is 12.5. The van der Waals surface area contributed by atoms with Gasteiger partial charge in [0.25, 0.3) is 0 Å².